The molecular weight excluding hydrogens is 290 g/mol. The lowest BCUT2D eigenvalue weighted by atomic mass is 9.94. The van der Waals surface area contributed by atoms with E-state index < -0.39 is 0 Å². The van der Waals surface area contributed by atoms with Crippen molar-refractivity contribution >= 4 is 15.9 Å². The quantitative estimate of drug-likeness (QED) is 0.918. The van der Waals surface area contributed by atoms with E-state index in [1.807, 2.05) is 0 Å². The summed E-state index contributed by atoms with van der Waals surface area (Å²) in [5.74, 6) is 0.625. The van der Waals surface area contributed by atoms with Crippen LogP contribution < -0.4 is 5.32 Å². The van der Waals surface area contributed by atoms with E-state index in [2.05, 4.69) is 46.4 Å². The Labute approximate surface area is 117 Å². The van der Waals surface area contributed by atoms with Gasteiger partial charge in [-0.2, -0.15) is 0 Å². The van der Waals surface area contributed by atoms with Crippen LogP contribution in [0.2, 0.25) is 0 Å². The van der Waals surface area contributed by atoms with Crippen LogP contribution in [0.25, 0.3) is 0 Å². The summed E-state index contributed by atoms with van der Waals surface area (Å²) in [7, 11) is 0. The predicted octanol–water partition coefficient (Wildman–Crippen LogP) is 3.59. The standard InChI is InChI=1S/C15H20BrNO/c1-10-2-3-11(8-14(10)16)15-12(6-7-18-15)9-17-13-4-5-13/h2-3,8,12-13,15,17H,4-7,9H2,1H3. The second kappa shape index (κ2) is 5.32. The fourth-order valence-corrected chi connectivity index (χ4v) is 3.00. The Morgan fingerprint density at radius 1 is 1.33 bits per heavy atom. The van der Waals surface area contributed by atoms with Gasteiger partial charge in [-0.25, -0.2) is 0 Å². The van der Waals surface area contributed by atoms with Crippen LogP contribution in [0.5, 0.6) is 0 Å². The molecule has 0 aromatic heterocycles. The summed E-state index contributed by atoms with van der Waals surface area (Å²) in [6, 6.07) is 7.39. The van der Waals surface area contributed by atoms with Crippen LogP contribution in [0.1, 0.15) is 36.5 Å². The van der Waals surface area contributed by atoms with Gasteiger partial charge in [0.2, 0.25) is 0 Å². The maximum atomic E-state index is 5.94. The fraction of sp³-hybridized carbons (Fsp3) is 0.600. The minimum atomic E-state index is 0.271. The van der Waals surface area contributed by atoms with Crippen molar-refractivity contribution in [2.24, 2.45) is 5.92 Å². The molecule has 0 bridgehead atoms. The number of halogens is 1. The van der Waals surface area contributed by atoms with E-state index in [4.69, 9.17) is 4.74 Å². The van der Waals surface area contributed by atoms with Crippen LogP contribution in [0.3, 0.4) is 0 Å². The molecule has 1 N–H and O–H groups in total. The molecule has 2 unspecified atom stereocenters. The van der Waals surface area contributed by atoms with Crippen molar-refractivity contribution < 1.29 is 4.74 Å². The average Bonchev–Trinajstić information content (AvgIpc) is 3.08. The van der Waals surface area contributed by atoms with Gasteiger partial charge in [-0.1, -0.05) is 28.1 Å². The van der Waals surface area contributed by atoms with Crippen molar-refractivity contribution in [3.05, 3.63) is 33.8 Å². The van der Waals surface area contributed by atoms with E-state index in [0.29, 0.717) is 5.92 Å². The Hall–Kier alpha value is -0.380. The van der Waals surface area contributed by atoms with Gasteiger partial charge in [0, 0.05) is 29.6 Å². The minimum Gasteiger partial charge on any atom is -0.373 e. The first kappa shape index (κ1) is 12.6. The maximum Gasteiger partial charge on any atom is 0.0866 e. The number of hydrogen-bond donors (Lipinski definition) is 1. The normalized spacial score (nSPS) is 27.7. The zero-order valence-corrected chi connectivity index (χ0v) is 12.4. The van der Waals surface area contributed by atoms with Crippen molar-refractivity contribution in [1.29, 1.82) is 0 Å². The minimum absolute atomic E-state index is 0.271. The molecule has 3 rings (SSSR count). The van der Waals surface area contributed by atoms with Crippen LogP contribution in [-0.2, 0) is 4.74 Å². The third-order valence-corrected chi connectivity index (χ3v) is 4.84. The lowest BCUT2D eigenvalue weighted by Gasteiger charge is -2.20. The highest BCUT2D eigenvalue weighted by Crippen LogP contribution is 2.36. The van der Waals surface area contributed by atoms with E-state index in [0.717, 1.165) is 19.2 Å². The Balaban J connectivity index is 1.70. The van der Waals surface area contributed by atoms with Crippen LogP contribution in [0, 0.1) is 12.8 Å². The molecule has 1 aromatic rings. The molecule has 1 aliphatic carbocycles. The first-order chi connectivity index (χ1) is 8.74. The Morgan fingerprint density at radius 2 is 2.17 bits per heavy atom. The Kier molecular flexibility index (Phi) is 3.73. The van der Waals surface area contributed by atoms with E-state index >= 15 is 0 Å². The average molecular weight is 310 g/mol. The van der Waals surface area contributed by atoms with Crippen molar-refractivity contribution in [3.63, 3.8) is 0 Å². The second-order valence-corrected chi connectivity index (χ2v) is 6.39. The van der Waals surface area contributed by atoms with Gasteiger partial charge in [-0.3, -0.25) is 0 Å². The third kappa shape index (κ3) is 2.79. The molecule has 18 heavy (non-hydrogen) atoms. The molecular formula is C15H20BrNO. The number of benzene rings is 1. The Bertz CT molecular complexity index is 431. The molecule has 98 valence electrons. The van der Waals surface area contributed by atoms with E-state index in [9.17, 15) is 0 Å². The van der Waals surface area contributed by atoms with Gasteiger partial charge >= 0.3 is 0 Å². The molecule has 3 heteroatoms. The zero-order chi connectivity index (χ0) is 12.5. The molecule has 0 radical (unpaired) electrons. The SMILES string of the molecule is Cc1ccc(C2OCCC2CNC2CC2)cc1Br. The number of ether oxygens (including phenoxy) is 1. The van der Waals surface area contributed by atoms with Crippen LogP contribution in [0.4, 0.5) is 0 Å². The molecule has 1 saturated carbocycles. The molecule has 1 aliphatic heterocycles. The monoisotopic (exact) mass is 309 g/mol. The molecule has 2 aliphatic rings. The molecule has 2 nitrogen and oxygen atoms in total. The van der Waals surface area contributed by atoms with Crippen molar-refractivity contribution in [1.82, 2.24) is 5.32 Å². The summed E-state index contributed by atoms with van der Waals surface area (Å²) in [6.45, 7) is 4.11. The van der Waals surface area contributed by atoms with Gasteiger partial charge in [0.05, 0.1) is 6.10 Å². The molecule has 0 amide bonds. The van der Waals surface area contributed by atoms with Gasteiger partial charge < -0.3 is 10.1 Å². The van der Waals surface area contributed by atoms with Crippen LogP contribution >= 0.6 is 15.9 Å². The van der Waals surface area contributed by atoms with E-state index in [1.165, 1.54) is 34.9 Å². The first-order valence-corrected chi connectivity index (χ1v) is 7.64. The summed E-state index contributed by atoms with van der Waals surface area (Å²) in [6.07, 6.45) is 4.16. The van der Waals surface area contributed by atoms with E-state index in [-0.39, 0.29) is 6.10 Å². The molecule has 2 atom stereocenters. The van der Waals surface area contributed by atoms with Gasteiger partial charge in [0.25, 0.3) is 0 Å². The van der Waals surface area contributed by atoms with Crippen molar-refractivity contribution in [3.8, 4) is 0 Å². The molecule has 1 heterocycles. The lowest BCUT2D eigenvalue weighted by Crippen LogP contribution is -2.26. The Morgan fingerprint density at radius 3 is 2.89 bits per heavy atom. The second-order valence-electron chi connectivity index (χ2n) is 5.53. The van der Waals surface area contributed by atoms with E-state index in [1.54, 1.807) is 0 Å². The van der Waals surface area contributed by atoms with Gasteiger partial charge in [0.15, 0.2) is 0 Å². The highest BCUT2D eigenvalue weighted by atomic mass is 79.9. The maximum absolute atomic E-state index is 5.94. The number of aryl methyl sites for hydroxylation is 1. The number of hydrogen-bond acceptors (Lipinski definition) is 2. The highest BCUT2D eigenvalue weighted by molar-refractivity contribution is 9.10. The fourth-order valence-electron chi connectivity index (χ4n) is 2.60. The van der Waals surface area contributed by atoms with Crippen molar-refractivity contribution in [2.75, 3.05) is 13.2 Å². The predicted molar refractivity (Wildman–Crippen MR) is 76.7 cm³/mol. The zero-order valence-electron chi connectivity index (χ0n) is 10.8. The lowest BCUT2D eigenvalue weighted by molar-refractivity contribution is 0.0904. The largest absolute Gasteiger partial charge is 0.373 e. The third-order valence-electron chi connectivity index (χ3n) is 3.98. The smallest absolute Gasteiger partial charge is 0.0866 e. The van der Waals surface area contributed by atoms with Gasteiger partial charge in [-0.15, -0.1) is 0 Å². The molecule has 1 saturated heterocycles. The summed E-state index contributed by atoms with van der Waals surface area (Å²) >= 11 is 3.61. The first-order valence-electron chi connectivity index (χ1n) is 6.85. The number of rotatable bonds is 4. The summed E-state index contributed by atoms with van der Waals surface area (Å²) < 4.78 is 7.12. The topological polar surface area (TPSA) is 21.3 Å². The summed E-state index contributed by atoms with van der Waals surface area (Å²) in [5, 5.41) is 3.63. The summed E-state index contributed by atoms with van der Waals surface area (Å²) in [5.41, 5.74) is 2.59. The molecule has 2 fully saturated rings. The number of nitrogens with one attached hydrogen (secondary N) is 1. The molecule has 1 aromatic carbocycles. The van der Waals surface area contributed by atoms with Crippen LogP contribution in [0.15, 0.2) is 22.7 Å². The highest BCUT2D eigenvalue weighted by Gasteiger charge is 2.31. The molecule has 0 spiro atoms. The van der Waals surface area contributed by atoms with Crippen molar-refractivity contribution in [2.45, 2.75) is 38.3 Å². The van der Waals surface area contributed by atoms with Gasteiger partial charge in [-0.05, 0) is 43.4 Å². The van der Waals surface area contributed by atoms with Gasteiger partial charge in [0.1, 0.15) is 0 Å². The van der Waals surface area contributed by atoms with Crippen LogP contribution in [-0.4, -0.2) is 19.2 Å². The summed E-state index contributed by atoms with van der Waals surface area (Å²) in [4.78, 5) is 0.